The third-order valence-electron chi connectivity index (χ3n) is 6.47. The van der Waals surface area contributed by atoms with Crippen molar-refractivity contribution >= 4 is 29.2 Å². The number of nitrogens with zero attached hydrogens (tertiary/aromatic N) is 2. The van der Waals surface area contributed by atoms with Crippen molar-refractivity contribution in [1.82, 2.24) is 5.01 Å². The lowest BCUT2D eigenvalue weighted by atomic mass is 9.98. The first kappa shape index (κ1) is 26.6. The molecule has 1 heterocycles. The van der Waals surface area contributed by atoms with Gasteiger partial charge in [0.1, 0.15) is 5.75 Å². The first-order valence-electron chi connectivity index (χ1n) is 12.5. The SMILES string of the molecule is COc1ccc([C@H]2CC(c3ccccc3)=NN2C(=O)CCC(=O)OCC(=O)Nc2ccc(C)c(C)c2)cc1. The van der Waals surface area contributed by atoms with Crippen molar-refractivity contribution in [2.75, 3.05) is 19.0 Å². The molecule has 1 N–H and O–H groups in total. The van der Waals surface area contributed by atoms with Gasteiger partial charge in [0.2, 0.25) is 5.91 Å². The summed E-state index contributed by atoms with van der Waals surface area (Å²) in [6.45, 7) is 3.52. The van der Waals surface area contributed by atoms with E-state index in [1.165, 1.54) is 5.01 Å². The highest BCUT2D eigenvalue weighted by Gasteiger charge is 2.33. The molecular weight excluding hydrogens is 482 g/mol. The fourth-order valence-electron chi connectivity index (χ4n) is 4.19. The Balaban J connectivity index is 1.35. The van der Waals surface area contributed by atoms with Crippen LogP contribution in [0.5, 0.6) is 5.75 Å². The lowest BCUT2D eigenvalue weighted by molar-refractivity contribution is -0.149. The van der Waals surface area contributed by atoms with Crippen molar-refractivity contribution in [1.29, 1.82) is 0 Å². The van der Waals surface area contributed by atoms with Crippen LogP contribution in [-0.2, 0) is 19.1 Å². The van der Waals surface area contributed by atoms with Gasteiger partial charge in [-0.15, -0.1) is 0 Å². The molecular formula is C30H31N3O5. The zero-order valence-corrected chi connectivity index (χ0v) is 21.8. The number of amides is 2. The predicted molar refractivity (Wildman–Crippen MR) is 145 cm³/mol. The summed E-state index contributed by atoms with van der Waals surface area (Å²) in [6, 6.07) is 22.5. The van der Waals surface area contributed by atoms with E-state index in [1.807, 2.05) is 80.6 Å². The summed E-state index contributed by atoms with van der Waals surface area (Å²) >= 11 is 0. The summed E-state index contributed by atoms with van der Waals surface area (Å²) in [5, 5.41) is 8.78. The summed E-state index contributed by atoms with van der Waals surface area (Å²) in [6.07, 6.45) is 0.304. The van der Waals surface area contributed by atoms with Crippen LogP contribution >= 0.6 is 0 Å². The molecule has 3 aromatic rings. The van der Waals surface area contributed by atoms with E-state index >= 15 is 0 Å². The number of hydrogen-bond donors (Lipinski definition) is 1. The molecule has 0 saturated carbocycles. The number of aryl methyl sites for hydroxylation is 2. The van der Waals surface area contributed by atoms with E-state index in [0.29, 0.717) is 12.1 Å². The van der Waals surface area contributed by atoms with Crippen LogP contribution in [0.15, 0.2) is 77.9 Å². The molecule has 0 aliphatic carbocycles. The molecule has 8 nitrogen and oxygen atoms in total. The second-order valence-electron chi connectivity index (χ2n) is 9.15. The topological polar surface area (TPSA) is 97.3 Å². The van der Waals surface area contributed by atoms with Gasteiger partial charge in [-0.2, -0.15) is 5.10 Å². The Bertz CT molecular complexity index is 1340. The van der Waals surface area contributed by atoms with Crippen LogP contribution in [0.2, 0.25) is 0 Å². The third kappa shape index (κ3) is 6.64. The zero-order chi connectivity index (χ0) is 27.1. The molecule has 0 saturated heterocycles. The number of hydrogen-bond acceptors (Lipinski definition) is 6. The Labute approximate surface area is 222 Å². The van der Waals surface area contributed by atoms with E-state index in [4.69, 9.17) is 9.47 Å². The molecule has 4 rings (SSSR count). The van der Waals surface area contributed by atoms with Crippen LogP contribution in [0, 0.1) is 13.8 Å². The molecule has 1 aliphatic heterocycles. The van der Waals surface area contributed by atoms with Crippen LogP contribution in [0.1, 0.15) is 47.6 Å². The average Bonchev–Trinajstić information content (AvgIpc) is 3.39. The molecule has 1 atom stereocenters. The Morgan fingerprint density at radius 2 is 1.68 bits per heavy atom. The highest BCUT2D eigenvalue weighted by Crippen LogP contribution is 2.34. The molecule has 2 amide bonds. The molecule has 0 spiro atoms. The molecule has 8 heteroatoms. The molecule has 1 aliphatic rings. The fraction of sp³-hybridized carbons (Fsp3) is 0.267. The maximum absolute atomic E-state index is 13.2. The maximum atomic E-state index is 13.2. The molecule has 3 aromatic carbocycles. The van der Waals surface area contributed by atoms with E-state index in [-0.39, 0.29) is 24.8 Å². The third-order valence-corrected chi connectivity index (χ3v) is 6.47. The first-order valence-corrected chi connectivity index (χ1v) is 12.5. The average molecular weight is 514 g/mol. The van der Waals surface area contributed by atoms with E-state index < -0.39 is 18.5 Å². The van der Waals surface area contributed by atoms with E-state index in [9.17, 15) is 14.4 Å². The zero-order valence-electron chi connectivity index (χ0n) is 21.8. The van der Waals surface area contributed by atoms with Gasteiger partial charge in [0.25, 0.3) is 5.91 Å². The van der Waals surface area contributed by atoms with Gasteiger partial charge in [-0.25, -0.2) is 5.01 Å². The van der Waals surface area contributed by atoms with Gasteiger partial charge in [0, 0.05) is 18.5 Å². The lowest BCUT2D eigenvalue weighted by Gasteiger charge is -2.22. The van der Waals surface area contributed by atoms with Crippen molar-refractivity contribution in [2.45, 2.75) is 39.2 Å². The maximum Gasteiger partial charge on any atom is 0.306 e. The molecule has 196 valence electrons. The Morgan fingerprint density at radius 3 is 2.37 bits per heavy atom. The second kappa shape index (κ2) is 12.2. The van der Waals surface area contributed by atoms with Crippen LogP contribution < -0.4 is 10.1 Å². The largest absolute Gasteiger partial charge is 0.497 e. The molecule has 0 radical (unpaired) electrons. The lowest BCUT2D eigenvalue weighted by Crippen LogP contribution is -2.28. The predicted octanol–water partition coefficient (Wildman–Crippen LogP) is 4.95. The standard InChI is InChI=1S/C30H31N3O5/c1-20-9-12-24(17-21(20)2)31-28(34)19-38-30(36)16-15-29(35)33-27(23-10-13-25(37-3)14-11-23)18-26(32-33)22-7-5-4-6-8-22/h4-14,17,27H,15-16,18-19H2,1-3H3,(H,31,34)/t27-/m1/s1. The van der Waals surface area contributed by atoms with Gasteiger partial charge in [-0.3, -0.25) is 14.4 Å². The summed E-state index contributed by atoms with van der Waals surface area (Å²) in [5.41, 5.74) is 5.45. The quantitative estimate of drug-likeness (QED) is 0.408. The Morgan fingerprint density at radius 1 is 0.947 bits per heavy atom. The number of rotatable bonds is 9. The number of ether oxygens (including phenoxy) is 2. The van der Waals surface area contributed by atoms with Gasteiger partial charge >= 0.3 is 5.97 Å². The number of methoxy groups -OCH3 is 1. The fourth-order valence-corrected chi connectivity index (χ4v) is 4.19. The van der Waals surface area contributed by atoms with Crippen LogP contribution in [0.4, 0.5) is 5.69 Å². The smallest absolute Gasteiger partial charge is 0.306 e. The molecule has 0 unspecified atom stereocenters. The summed E-state index contributed by atoms with van der Waals surface area (Å²) < 4.78 is 10.4. The number of carbonyl (C=O) groups is 3. The number of benzene rings is 3. The van der Waals surface area contributed by atoms with Gasteiger partial charge in [-0.05, 0) is 60.4 Å². The number of hydrazone groups is 1. The van der Waals surface area contributed by atoms with Gasteiger partial charge in [0.05, 0.1) is 25.3 Å². The normalized spacial score (nSPS) is 14.6. The minimum Gasteiger partial charge on any atom is -0.497 e. The van der Waals surface area contributed by atoms with Gasteiger partial charge < -0.3 is 14.8 Å². The molecule has 0 fully saturated rings. The highest BCUT2D eigenvalue weighted by molar-refractivity contribution is 6.03. The van der Waals surface area contributed by atoms with Crippen molar-refractivity contribution in [3.05, 3.63) is 95.1 Å². The van der Waals surface area contributed by atoms with Gasteiger partial charge in [0.15, 0.2) is 6.61 Å². The molecule has 0 bridgehead atoms. The number of anilines is 1. The van der Waals surface area contributed by atoms with Crippen LogP contribution in [0.25, 0.3) is 0 Å². The first-order chi connectivity index (χ1) is 18.3. The number of carbonyl (C=O) groups excluding carboxylic acids is 3. The highest BCUT2D eigenvalue weighted by atomic mass is 16.5. The van der Waals surface area contributed by atoms with E-state index in [1.54, 1.807) is 13.2 Å². The van der Waals surface area contributed by atoms with Crippen LogP contribution in [-0.4, -0.2) is 42.2 Å². The van der Waals surface area contributed by atoms with Crippen molar-refractivity contribution in [3.8, 4) is 5.75 Å². The number of esters is 1. The minimum absolute atomic E-state index is 0.0875. The Hall–Kier alpha value is -4.46. The van der Waals surface area contributed by atoms with Crippen molar-refractivity contribution in [3.63, 3.8) is 0 Å². The van der Waals surface area contributed by atoms with E-state index in [0.717, 1.165) is 33.7 Å². The Kier molecular flexibility index (Phi) is 8.53. The number of nitrogens with one attached hydrogen (secondary N) is 1. The summed E-state index contributed by atoms with van der Waals surface area (Å²) in [7, 11) is 1.60. The van der Waals surface area contributed by atoms with Crippen LogP contribution in [0.3, 0.4) is 0 Å². The molecule has 0 aromatic heterocycles. The molecule has 38 heavy (non-hydrogen) atoms. The second-order valence-corrected chi connectivity index (χ2v) is 9.15. The van der Waals surface area contributed by atoms with Crippen molar-refractivity contribution < 1.29 is 23.9 Å². The van der Waals surface area contributed by atoms with Crippen molar-refractivity contribution in [2.24, 2.45) is 5.10 Å². The van der Waals surface area contributed by atoms with Gasteiger partial charge in [-0.1, -0.05) is 48.5 Å². The van der Waals surface area contributed by atoms with E-state index in [2.05, 4.69) is 10.4 Å². The monoisotopic (exact) mass is 513 g/mol. The summed E-state index contributed by atoms with van der Waals surface area (Å²) in [4.78, 5) is 37.7. The minimum atomic E-state index is -0.624. The summed E-state index contributed by atoms with van der Waals surface area (Å²) in [5.74, 6) is -0.642.